The van der Waals surface area contributed by atoms with Crippen LogP contribution in [0.15, 0.2) is 72.8 Å². The molecule has 0 heterocycles. The summed E-state index contributed by atoms with van der Waals surface area (Å²) in [7, 11) is 0. The van der Waals surface area contributed by atoms with Gasteiger partial charge in [0.15, 0.2) is 0 Å². The van der Waals surface area contributed by atoms with Gasteiger partial charge in [0.1, 0.15) is 0 Å². The summed E-state index contributed by atoms with van der Waals surface area (Å²) in [5, 5.41) is 18.7. The largest absolute Gasteiger partial charge is 0.192 e. The van der Waals surface area contributed by atoms with E-state index in [4.69, 9.17) is 0 Å². The first-order chi connectivity index (χ1) is 11.8. The summed E-state index contributed by atoms with van der Waals surface area (Å²) in [5.74, 6) is 0. The van der Waals surface area contributed by atoms with Crippen molar-refractivity contribution < 1.29 is 0 Å². The maximum Gasteiger partial charge on any atom is 0.0998 e. The number of rotatable bonds is 1. The standard InChI is InChI=1S/C22H12N2/c23-13-15-5-1-3-7-19-17(15)9-11-21(19)22-12-10-18-16(14-24)6-2-4-8-20(18)22/h1-12H. The average molecular weight is 304 g/mol. The van der Waals surface area contributed by atoms with E-state index < -0.39 is 0 Å². The fourth-order valence-electron chi connectivity index (χ4n) is 3.26. The molecule has 0 aromatic heterocycles. The molecule has 0 saturated heterocycles. The Kier molecular flexibility index (Phi) is 3.23. The highest BCUT2D eigenvalue weighted by atomic mass is 14.3. The van der Waals surface area contributed by atoms with Crippen LogP contribution in [0, 0.1) is 22.7 Å². The second kappa shape index (κ2) is 5.54. The van der Waals surface area contributed by atoms with Crippen LogP contribution in [0.25, 0.3) is 33.4 Å². The van der Waals surface area contributed by atoms with E-state index in [-0.39, 0.29) is 0 Å². The Balaban J connectivity index is 1.98. The van der Waals surface area contributed by atoms with Crippen molar-refractivity contribution in [1.82, 2.24) is 0 Å². The normalized spacial score (nSPS) is 10.4. The molecule has 24 heavy (non-hydrogen) atoms. The molecule has 0 aliphatic heterocycles. The van der Waals surface area contributed by atoms with Crippen LogP contribution in [0.4, 0.5) is 0 Å². The highest BCUT2D eigenvalue weighted by molar-refractivity contribution is 5.97. The van der Waals surface area contributed by atoms with E-state index >= 15 is 0 Å². The van der Waals surface area contributed by atoms with Gasteiger partial charge in [0.25, 0.3) is 0 Å². The highest BCUT2D eigenvalue weighted by Crippen LogP contribution is 2.43. The molecule has 0 bridgehead atoms. The fraction of sp³-hybridized carbons (Fsp3) is 0. The van der Waals surface area contributed by atoms with Crippen molar-refractivity contribution in [3.8, 4) is 45.5 Å². The van der Waals surface area contributed by atoms with Crippen LogP contribution in [0.1, 0.15) is 11.1 Å². The molecule has 0 saturated carbocycles. The molecule has 0 fully saturated rings. The maximum atomic E-state index is 9.37. The van der Waals surface area contributed by atoms with Crippen molar-refractivity contribution in [1.29, 1.82) is 10.5 Å². The van der Waals surface area contributed by atoms with Crippen molar-refractivity contribution in [2.24, 2.45) is 0 Å². The first kappa shape index (κ1) is 14.0. The highest BCUT2D eigenvalue weighted by Gasteiger charge is 2.19. The van der Waals surface area contributed by atoms with Gasteiger partial charge < -0.3 is 0 Å². The van der Waals surface area contributed by atoms with E-state index in [0.29, 0.717) is 11.1 Å². The van der Waals surface area contributed by atoms with Gasteiger partial charge in [-0.15, -0.1) is 0 Å². The van der Waals surface area contributed by atoms with E-state index in [2.05, 4.69) is 24.3 Å². The number of nitrogens with zero attached hydrogens (tertiary/aromatic N) is 2. The Bertz CT molecular complexity index is 991. The fourth-order valence-corrected chi connectivity index (χ4v) is 3.26. The van der Waals surface area contributed by atoms with Crippen molar-refractivity contribution in [3.05, 3.63) is 83.9 Å². The van der Waals surface area contributed by atoms with Gasteiger partial charge in [-0.1, -0.05) is 60.7 Å². The molecule has 0 spiro atoms. The van der Waals surface area contributed by atoms with Crippen molar-refractivity contribution in [2.45, 2.75) is 0 Å². The van der Waals surface area contributed by atoms with Gasteiger partial charge in [0.05, 0.1) is 23.3 Å². The molecular weight excluding hydrogens is 292 g/mol. The Labute approximate surface area is 140 Å². The lowest BCUT2D eigenvalue weighted by Gasteiger charge is -2.04. The molecule has 2 nitrogen and oxygen atoms in total. The van der Waals surface area contributed by atoms with Crippen molar-refractivity contribution in [3.63, 3.8) is 0 Å². The number of hydrogen-bond donors (Lipinski definition) is 0. The van der Waals surface area contributed by atoms with E-state index in [1.165, 1.54) is 0 Å². The molecular formula is C22H12N2. The summed E-state index contributed by atoms with van der Waals surface area (Å²) in [5.41, 5.74) is 7.51. The van der Waals surface area contributed by atoms with Gasteiger partial charge in [0, 0.05) is 11.1 Å². The molecule has 0 aromatic rings. The van der Waals surface area contributed by atoms with Gasteiger partial charge in [0.2, 0.25) is 0 Å². The molecule has 0 aromatic carbocycles. The SMILES string of the molecule is N#Cc1ccccc2c(-c3ccc4c(C#N)ccccc3-4)ccc1-2. The van der Waals surface area contributed by atoms with Crippen LogP contribution in [0.5, 0.6) is 0 Å². The first-order valence-corrected chi connectivity index (χ1v) is 7.67. The van der Waals surface area contributed by atoms with Gasteiger partial charge in [-0.25, -0.2) is 0 Å². The van der Waals surface area contributed by atoms with Crippen molar-refractivity contribution >= 4 is 0 Å². The predicted octanol–water partition coefficient (Wildman–Crippen LogP) is 5.31. The van der Waals surface area contributed by atoms with Crippen LogP contribution in [0.3, 0.4) is 0 Å². The summed E-state index contributed by atoms with van der Waals surface area (Å²) in [6.07, 6.45) is 0. The van der Waals surface area contributed by atoms with E-state index in [0.717, 1.165) is 33.4 Å². The Hall–Kier alpha value is -3.62. The molecule has 0 unspecified atom stereocenters. The monoisotopic (exact) mass is 304 g/mol. The summed E-state index contributed by atoms with van der Waals surface area (Å²) in [4.78, 5) is 0. The molecule has 0 atom stereocenters. The van der Waals surface area contributed by atoms with Crippen LogP contribution in [0.2, 0.25) is 0 Å². The lowest BCUT2D eigenvalue weighted by atomic mass is 9.98. The van der Waals surface area contributed by atoms with Crippen molar-refractivity contribution in [2.75, 3.05) is 0 Å². The summed E-state index contributed by atoms with van der Waals surface area (Å²) >= 11 is 0. The number of fused-ring (bicyclic) bond motifs is 2. The van der Waals surface area contributed by atoms with E-state index in [9.17, 15) is 10.5 Å². The lowest BCUT2D eigenvalue weighted by molar-refractivity contribution is 1.50. The number of hydrogen-bond acceptors (Lipinski definition) is 2. The van der Waals surface area contributed by atoms with Gasteiger partial charge in [-0.3, -0.25) is 0 Å². The molecule has 0 radical (unpaired) electrons. The molecule has 110 valence electrons. The zero-order chi connectivity index (χ0) is 16.5. The van der Waals surface area contributed by atoms with Gasteiger partial charge in [-0.2, -0.15) is 10.5 Å². The molecule has 4 aliphatic rings. The molecule has 0 amide bonds. The minimum Gasteiger partial charge on any atom is -0.192 e. The van der Waals surface area contributed by atoms with E-state index in [1.807, 2.05) is 60.7 Å². The molecule has 2 heteroatoms. The second-order valence-electron chi connectivity index (χ2n) is 5.64. The minimum atomic E-state index is 0.667. The average Bonchev–Trinajstić information content (AvgIpc) is 3.06. The van der Waals surface area contributed by atoms with Crippen LogP contribution < -0.4 is 0 Å². The smallest absolute Gasteiger partial charge is 0.0998 e. The lowest BCUT2D eigenvalue weighted by Crippen LogP contribution is -1.80. The van der Waals surface area contributed by atoms with Crippen LogP contribution >= 0.6 is 0 Å². The molecule has 4 rings (SSSR count). The number of nitriles is 2. The maximum absolute atomic E-state index is 9.37. The van der Waals surface area contributed by atoms with Gasteiger partial charge >= 0.3 is 0 Å². The van der Waals surface area contributed by atoms with Crippen LogP contribution in [-0.2, 0) is 0 Å². The Morgan fingerprint density at radius 1 is 0.417 bits per heavy atom. The molecule has 4 aliphatic carbocycles. The summed E-state index contributed by atoms with van der Waals surface area (Å²) in [6, 6.07) is 28.1. The van der Waals surface area contributed by atoms with E-state index in [1.54, 1.807) is 0 Å². The third kappa shape index (κ3) is 2.02. The topological polar surface area (TPSA) is 47.6 Å². The molecule has 0 N–H and O–H groups in total. The zero-order valence-electron chi connectivity index (χ0n) is 12.8. The predicted molar refractivity (Wildman–Crippen MR) is 94.6 cm³/mol. The quantitative estimate of drug-likeness (QED) is 0.478. The zero-order valence-corrected chi connectivity index (χ0v) is 12.8. The Morgan fingerprint density at radius 3 is 1.17 bits per heavy atom. The first-order valence-electron chi connectivity index (χ1n) is 7.67. The minimum absolute atomic E-state index is 0.667. The third-order valence-electron chi connectivity index (χ3n) is 4.38. The van der Waals surface area contributed by atoms with Gasteiger partial charge in [-0.05, 0) is 34.4 Å². The Morgan fingerprint density at radius 2 is 0.750 bits per heavy atom. The summed E-state index contributed by atoms with van der Waals surface area (Å²) < 4.78 is 0. The third-order valence-corrected chi connectivity index (χ3v) is 4.38. The second-order valence-corrected chi connectivity index (χ2v) is 5.64. The van der Waals surface area contributed by atoms with Crippen LogP contribution in [-0.4, -0.2) is 0 Å². The summed E-state index contributed by atoms with van der Waals surface area (Å²) in [6.45, 7) is 0.